The number of carbonyl (C=O) groups excluding carboxylic acids is 2. The van der Waals surface area contributed by atoms with Crippen LogP contribution in [0.25, 0.3) is 0 Å². The van der Waals surface area contributed by atoms with Crippen LogP contribution in [0.15, 0.2) is 129 Å². The molecule has 0 heterocycles. The SMILES string of the molecule is CC(C)=CCCC(C)=CCCC(C)=CCCC(C)=CCCC(C)=CCCC(C)=CCCC(C)=CCCC(C)=CCC1=C(C)C(=O)c2ccccc2C1=O. The van der Waals surface area contributed by atoms with E-state index in [2.05, 4.69) is 111 Å². The summed E-state index contributed by atoms with van der Waals surface area (Å²) < 4.78 is 0. The molecule has 0 bridgehead atoms. The Kier molecular flexibility index (Phi) is 21.6. The van der Waals surface area contributed by atoms with Crippen molar-refractivity contribution < 1.29 is 9.59 Å². The minimum absolute atomic E-state index is 0.00849. The number of hydrogen-bond donors (Lipinski definition) is 0. The van der Waals surface area contributed by atoms with Gasteiger partial charge in [0.1, 0.15) is 0 Å². The van der Waals surface area contributed by atoms with Crippen LogP contribution in [0.4, 0.5) is 0 Å². The summed E-state index contributed by atoms with van der Waals surface area (Å²) in [5.41, 5.74) is 13.9. The molecule has 0 unspecified atom stereocenters. The minimum Gasteiger partial charge on any atom is -0.289 e. The normalized spacial score (nSPS) is 15.4. The number of rotatable bonds is 23. The van der Waals surface area contributed by atoms with Crippen molar-refractivity contribution in [3.05, 3.63) is 140 Å². The Bertz CT molecular complexity index is 1650. The molecule has 0 saturated carbocycles. The third-order valence-corrected chi connectivity index (χ3v) is 10.4. The van der Waals surface area contributed by atoms with Gasteiger partial charge in [0.15, 0.2) is 11.6 Å². The second kappa shape index (κ2) is 25.3. The van der Waals surface area contributed by atoms with Crippen molar-refractivity contribution >= 4 is 11.6 Å². The Morgan fingerprint density at radius 3 is 1.02 bits per heavy atom. The van der Waals surface area contributed by atoms with E-state index in [1.807, 2.05) is 12.1 Å². The predicted molar refractivity (Wildman–Crippen MR) is 233 cm³/mol. The van der Waals surface area contributed by atoms with Crippen LogP contribution in [0.3, 0.4) is 0 Å². The first kappa shape index (κ1) is 45.4. The number of hydrogen-bond acceptors (Lipinski definition) is 2. The second-order valence-corrected chi connectivity index (χ2v) is 15.9. The van der Waals surface area contributed by atoms with E-state index in [1.54, 1.807) is 19.1 Å². The molecule has 0 fully saturated rings. The summed E-state index contributed by atoms with van der Waals surface area (Å²) in [6, 6.07) is 7.16. The van der Waals surface area contributed by atoms with E-state index in [1.165, 1.54) is 57.4 Å². The van der Waals surface area contributed by atoms with Crippen molar-refractivity contribution in [3.63, 3.8) is 0 Å². The molecule has 288 valence electrons. The molecule has 2 rings (SSSR count). The lowest BCUT2D eigenvalue weighted by atomic mass is 9.83. The highest BCUT2D eigenvalue weighted by atomic mass is 16.1. The smallest absolute Gasteiger partial charge is 0.190 e. The molecule has 2 heteroatoms. The number of fused-ring (bicyclic) bond motifs is 1. The zero-order valence-electron chi connectivity index (χ0n) is 35.4. The van der Waals surface area contributed by atoms with E-state index in [-0.39, 0.29) is 11.6 Å². The van der Waals surface area contributed by atoms with Gasteiger partial charge >= 0.3 is 0 Å². The molecule has 1 aliphatic rings. The van der Waals surface area contributed by atoms with Gasteiger partial charge in [-0.3, -0.25) is 9.59 Å². The molecular weight excluding hydrogens is 645 g/mol. The fraction of sp³-hybridized carbons (Fsp3) is 0.490. The average molecular weight is 717 g/mol. The van der Waals surface area contributed by atoms with Gasteiger partial charge < -0.3 is 0 Å². The zero-order valence-corrected chi connectivity index (χ0v) is 35.4. The molecule has 0 atom stereocenters. The number of Topliss-reactive ketones (excluding diaryl/α,β-unsaturated/α-hetero) is 2. The Balaban J connectivity index is 1.62. The standard InChI is InChI=1S/C51H72O2/c1-38(2)20-13-21-39(3)22-14-23-40(4)24-15-25-41(5)26-16-27-42(6)28-17-29-43(7)30-18-31-44(8)32-19-33-45(9)36-37-47-46(10)50(52)48-34-11-12-35-49(48)51(47)53/h11-12,20,22,24,26,28,30,32,34-36H,13-19,21,23,25,27,29,31,33,37H2,1-10H3. The number of benzene rings is 1. The van der Waals surface area contributed by atoms with Crippen molar-refractivity contribution in [1.82, 2.24) is 0 Å². The van der Waals surface area contributed by atoms with Crippen LogP contribution >= 0.6 is 0 Å². The van der Waals surface area contributed by atoms with Crippen molar-refractivity contribution in [2.24, 2.45) is 0 Å². The summed E-state index contributed by atoms with van der Waals surface area (Å²) >= 11 is 0. The van der Waals surface area contributed by atoms with Gasteiger partial charge in [0.05, 0.1) is 0 Å². The van der Waals surface area contributed by atoms with Crippen LogP contribution in [-0.2, 0) is 0 Å². The topological polar surface area (TPSA) is 34.1 Å². The first-order valence-corrected chi connectivity index (χ1v) is 20.4. The third-order valence-electron chi connectivity index (χ3n) is 10.4. The quantitative estimate of drug-likeness (QED) is 0.106. The minimum atomic E-state index is -0.0230. The van der Waals surface area contributed by atoms with E-state index in [0.29, 0.717) is 28.7 Å². The monoisotopic (exact) mass is 717 g/mol. The lowest BCUT2D eigenvalue weighted by Crippen LogP contribution is -2.20. The summed E-state index contributed by atoms with van der Waals surface area (Å²) in [6.45, 7) is 21.9. The molecule has 1 aliphatic carbocycles. The van der Waals surface area contributed by atoms with Gasteiger partial charge in [-0.25, -0.2) is 0 Å². The van der Waals surface area contributed by atoms with Crippen molar-refractivity contribution in [2.75, 3.05) is 0 Å². The fourth-order valence-electron chi connectivity index (χ4n) is 6.65. The first-order chi connectivity index (χ1) is 25.3. The van der Waals surface area contributed by atoms with Gasteiger partial charge in [-0.05, 0) is 166 Å². The molecule has 53 heavy (non-hydrogen) atoms. The highest BCUT2D eigenvalue weighted by molar-refractivity contribution is 6.26. The molecule has 0 amide bonds. The molecule has 0 N–H and O–H groups in total. The number of carbonyl (C=O) groups is 2. The summed E-state index contributed by atoms with van der Waals surface area (Å²) in [5, 5.41) is 0. The lowest BCUT2D eigenvalue weighted by Gasteiger charge is -2.18. The average Bonchev–Trinajstić information content (AvgIpc) is 3.10. The molecular formula is C51H72O2. The summed E-state index contributed by atoms with van der Waals surface area (Å²) in [7, 11) is 0. The van der Waals surface area contributed by atoms with E-state index < -0.39 is 0 Å². The number of allylic oxidation sites excluding steroid dienone is 18. The molecule has 0 aliphatic heterocycles. The lowest BCUT2D eigenvalue weighted by molar-refractivity contribution is 0.0973. The van der Waals surface area contributed by atoms with Gasteiger partial charge in [-0.1, -0.05) is 117 Å². The molecule has 0 aromatic heterocycles. The van der Waals surface area contributed by atoms with Gasteiger partial charge in [0.2, 0.25) is 0 Å². The maximum atomic E-state index is 13.0. The first-order valence-electron chi connectivity index (χ1n) is 20.4. The van der Waals surface area contributed by atoms with Crippen LogP contribution in [0.2, 0.25) is 0 Å². The maximum absolute atomic E-state index is 13.0. The zero-order chi connectivity index (χ0) is 39.2. The summed E-state index contributed by atoms with van der Waals surface area (Å²) in [6.07, 6.45) is 35.1. The van der Waals surface area contributed by atoms with Crippen LogP contribution in [0.5, 0.6) is 0 Å². The summed E-state index contributed by atoms with van der Waals surface area (Å²) in [5.74, 6) is -0.0315. The predicted octanol–water partition coefficient (Wildman–Crippen LogP) is 15.8. The van der Waals surface area contributed by atoms with Crippen molar-refractivity contribution in [1.29, 1.82) is 0 Å². The van der Waals surface area contributed by atoms with Crippen LogP contribution < -0.4 is 0 Å². The molecule has 1 aromatic rings. The van der Waals surface area contributed by atoms with Crippen LogP contribution in [0.1, 0.15) is 186 Å². The second-order valence-electron chi connectivity index (χ2n) is 15.9. The number of ketones is 2. The van der Waals surface area contributed by atoms with Crippen molar-refractivity contribution in [2.45, 2.75) is 166 Å². The third kappa shape index (κ3) is 18.7. The van der Waals surface area contributed by atoms with Crippen molar-refractivity contribution in [3.8, 4) is 0 Å². The van der Waals surface area contributed by atoms with Gasteiger partial charge in [0, 0.05) is 22.3 Å². The van der Waals surface area contributed by atoms with E-state index in [0.717, 1.165) is 77.0 Å². The highest BCUT2D eigenvalue weighted by Crippen LogP contribution is 2.29. The maximum Gasteiger partial charge on any atom is 0.190 e. The Labute approximate surface area is 325 Å². The highest BCUT2D eigenvalue weighted by Gasteiger charge is 2.28. The van der Waals surface area contributed by atoms with Crippen LogP contribution in [0, 0.1) is 0 Å². The fourth-order valence-corrected chi connectivity index (χ4v) is 6.65. The Hall–Kier alpha value is -3.78. The molecule has 0 spiro atoms. The molecule has 2 nitrogen and oxygen atoms in total. The Morgan fingerprint density at radius 2 is 0.698 bits per heavy atom. The van der Waals surface area contributed by atoms with E-state index in [4.69, 9.17) is 0 Å². The van der Waals surface area contributed by atoms with Gasteiger partial charge in [-0.2, -0.15) is 0 Å². The van der Waals surface area contributed by atoms with E-state index in [9.17, 15) is 9.59 Å². The molecule has 1 aromatic carbocycles. The van der Waals surface area contributed by atoms with Crippen LogP contribution in [-0.4, -0.2) is 11.6 Å². The molecule has 0 radical (unpaired) electrons. The summed E-state index contributed by atoms with van der Waals surface area (Å²) in [4.78, 5) is 25.8. The van der Waals surface area contributed by atoms with Gasteiger partial charge in [-0.15, -0.1) is 0 Å². The molecule has 0 saturated heterocycles. The largest absolute Gasteiger partial charge is 0.289 e. The Morgan fingerprint density at radius 1 is 0.415 bits per heavy atom. The van der Waals surface area contributed by atoms with Gasteiger partial charge in [0.25, 0.3) is 0 Å². The van der Waals surface area contributed by atoms with E-state index >= 15 is 0 Å².